The van der Waals surface area contributed by atoms with Crippen molar-refractivity contribution in [3.63, 3.8) is 0 Å². The van der Waals surface area contributed by atoms with E-state index in [1.807, 2.05) is 4.90 Å². The normalized spacial score (nSPS) is 25.0. The minimum atomic E-state index is -0.0832. The van der Waals surface area contributed by atoms with Gasteiger partial charge >= 0.3 is 6.03 Å². The van der Waals surface area contributed by atoms with E-state index < -0.39 is 0 Å². The Bertz CT molecular complexity index is 249. The van der Waals surface area contributed by atoms with Crippen LogP contribution in [0.15, 0.2) is 0 Å². The Morgan fingerprint density at radius 2 is 2.06 bits per heavy atom. The molecule has 1 heterocycles. The summed E-state index contributed by atoms with van der Waals surface area (Å²) in [5, 5.41) is 3.13. The average Bonchev–Trinajstić information content (AvgIpc) is 2.24. The van der Waals surface area contributed by atoms with E-state index in [0.717, 1.165) is 44.7 Å². The van der Waals surface area contributed by atoms with Gasteiger partial charge in [0.25, 0.3) is 0 Å². The Labute approximate surface area is 97.6 Å². The quantitative estimate of drug-likeness (QED) is 0.744. The van der Waals surface area contributed by atoms with Crippen LogP contribution in [0.2, 0.25) is 0 Å². The van der Waals surface area contributed by atoms with Crippen LogP contribution in [0.3, 0.4) is 0 Å². The molecule has 2 amide bonds. The molecule has 0 unspecified atom stereocenters. The Morgan fingerprint density at radius 3 is 2.50 bits per heavy atom. The molecule has 0 aromatic carbocycles. The number of carbonyl (C=O) groups is 1. The summed E-state index contributed by atoms with van der Waals surface area (Å²) in [6.07, 6.45) is 5.53. The number of hydrogen-bond donors (Lipinski definition) is 2. The SMILES string of the molecule is CC1CCN(C(=O)NC2(CN)CCC2)CC1. The fourth-order valence-corrected chi connectivity index (χ4v) is 2.50. The average molecular weight is 225 g/mol. The summed E-state index contributed by atoms with van der Waals surface area (Å²) in [4.78, 5) is 14.0. The van der Waals surface area contributed by atoms with Crippen molar-refractivity contribution in [2.24, 2.45) is 11.7 Å². The lowest BCUT2D eigenvalue weighted by molar-refractivity contribution is 0.140. The highest BCUT2D eigenvalue weighted by Gasteiger charge is 2.38. The third-order valence-electron chi connectivity index (χ3n) is 4.14. The summed E-state index contributed by atoms with van der Waals surface area (Å²) >= 11 is 0. The first-order valence-corrected chi connectivity index (χ1v) is 6.42. The molecule has 4 nitrogen and oxygen atoms in total. The van der Waals surface area contributed by atoms with Crippen LogP contribution in [-0.4, -0.2) is 36.1 Å². The monoisotopic (exact) mass is 225 g/mol. The van der Waals surface area contributed by atoms with Crippen molar-refractivity contribution in [1.29, 1.82) is 0 Å². The van der Waals surface area contributed by atoms with E-state index in [1.165, 1.54) is 6.42 Å². The molecule has 0 atom stereocenters. The molecule has 1 saturated carbocycles. The standard InChI is InChI=1S/C12H23N3O/c1-10-3-7-15(8-4-10)11(16)14-12(9-13)5-2-6-12/h10H,2-9,13H2,1H3,(H,14,16). The molecule has 1 saturated heterocycles. The maximum atomic E-state index is 12.0. The third kappa shape index (κ3) is 2.32. The summed E-state index contributed by atoms with van der Waals surface area (Å²) in [5.41, 5.74) is 5.65. The van der Waals surface area contributed by atoms with Crippen molar-refractivity contribution < 1.29 is 4.79 Å². The fraction of sp³-hybridized carbons (Fsp3) is 0.917. The lowest BCUT2D eigenvalue weighted by Crippen LogP contribution is -2.61. The van der Waals surface area contributed by atoms with E-state index in [4.69, 9.17) is 5.73 Å². The van der Waals surface area contributed by atoms with Gasteiger partial charge in [-0.1, -0.05) is 6.92 Å². The zero-order valence-corrected chi connectivity index (χ0v) is 10.2. The molecule has 0 radical (unpaired) electrons. The molecule has 2 rings (SSSR count). The van der Waals surface area contributed by atoms with Gasteiger partial charge in [0.2, 0.25) is 0 Å². The van der Waals surface area contributed by atoms with Gasteiger partial charge in [-0.15, -0.1) is 0 Å². The lowest BCUT2D eigenvalue weighted by atomic mass is 9.77. The molecule has 16 heavy (non-hydrogen) atoms. The molecule has 0 aromatic heterocycles. The van der Waals surface area contributed by atoms with E-state index in [2.05, 4.69) is 12.2 Å². The van der Waals surface area contributed by atoms with Crippen molar-refractivity contribution in [3.8, 4) is 0 Å². The third-order valence-corrected chi connectivity index (χ3v) is 4.14. The fourth-order valence-electron chi connectivity index (χ4n) is 2.50. The molecule has 92 valence electrons. The number of amides is 2. The summed E-state index contributed by atoms with van der Waals surface area (Å²) in [6, 6.07) is 0.0945. The molecule has 0 spiro atoms. The highest BCUT2D eigenvalue weighted by Crippen LogP contribution is 2.31. The Morgan fingerprint density at radius 1 is 1.44 bits per heavy atom. The van der Waals surface area contributed by atoms with Crippen molar-refractivity contribution in [3.05, 3.63) is 0 Å². The highest BCUT2D eigenvalue weighted by atomic mass is 16.2. The van der Waals surface area contributed by atoms with Gasteiger partial charge in [-0.2, -0.15) is 0 Å². The van der Waals surface area contributed by atoms with Gasteiger partial charge in [0.15, 0.2) is 0 Å². The number of rotatable bonds is 2. The predicted molar refractivity (Wildman–Crippen MR) is 64.1 cm³/mol. The van der Waals surface area contributed by atoms with Crippen molar-refractivity contribution in [1.82, 2.24) is 10.2 Å². The van der Waals surface area contributed by atoms with Gasteiger partial charge in [-0.25, -0.2) is 4.79 Å². The van der Waals surface area contributed by atoms with Gasteiger partial charge in [-0.05, 0) is 38.0 Å². The minimum absolute atomic E-state index is 0.0832. The molecule has 4 heteroatoms. The molecular formula is C12H23N3O. The van der Waals surface area contributed by atoms with E-state index >= 15 is 0 Å². The number of nitrogens with zero attached hydrogens (tertiary/aromatic N) is 1. The Balaban J connectivity index is 1.83. The van der Waals surface area contributed by atoms with Crippen molar-refractivity contribution in [2.45, 2.75) is 44.6 Å². The second kappa shape index (κ2) is 4.62. The number of nitrogens with two attached hydrogens (primary N) is 1. The van der Waals surface area contributed by atoms with E-state index in [-0.39, 0.29) is 11.6 Å². The van der Waals surface area contributed by atoms with Crippen molar-refractivity contribution in [2.75, 3.05) is 19.6 Å². The second-order valence-corrected chi connectivity index (χ2v) is 5.44. The highest BCUT2D eigenvalue weighted by molar-refractivity contribution is 5.75. The number of urea groups is 1. The number of nitrogens with one attached hydrogen (secondary N) is 1. The smallest absolute Gasteiger partial charge is 0.317 e. The molecule has 2 fully saturated rings. The van der Waals surface area contributed by atoms with Crippen LogP contribution in [0, 0.1) is 5.92 Å². The topological polar surface area (TPSA) is 58.4 Å². The zero-order chi connectivity index (χ0) is 11.6. The summed E-state index contributed by atoms with van der Waals surface area (Å²) in [6.45, 7) is 4.62. The van der Waals surface area contributed by atoms with E-state index in [0.29, 0.717) is 6.54 Å². The maximum Gasteiger partial charge on any atom is 0.317 e. The number of likely N-dealkylation sites (tertiary alicyclic amines) is 1. The molecule has 1 aliphatic heterocycles. The van der Waals surface area contributed by atoms with E-state index in [9.17, 15) is 4.79 Å². The first-order valence-electron chi connectivity index (χ1n) is 6.42. The predicted octanol–water partition coefficient (Wildman–Crippen LogP) is 1.31. The van der Waals surface area contributed by atoms with Gasteiger partial charge < -0.3 is 16.0 Å². The summed E-state index contributed by atoms with van der Waals surface area (Å²) in [7, 11) is 0. The van der Waals surface area contributed by atoms with Crippen LogP contribution in [0.5, 0.6) is 0 Å². The number of piperidine rings is 1. The lowest BCUT2D eigenvalue weighted by Gasteiger charge is -2.43. The summed E-state index contributed by atoms with van der Waals surface area (Å²) in [5.74, 6) is 0.760. The number of carbonyl (C=O) groups excluding carboxylic acids is 1. The van der Waals surface area contributed by atoms with Crippen LogP contribution in [-0.2, 0) is 0 Å². The van der Waals surface area contributed by atoms with Gasteiger partial charge in [0, 0.05) is 19.6 Å². The Hall–Kier alpha value is -0.770. The van der Waals surface area contributed by atoms with Crippen LogP contribution >= 0.6 is 0 Å². The van der Waals surface area contributed by atoms with Gasteiger partial charge in [-0.3, -0.25) is 0 Å². The van der Waals surface area contributed by atoms with E-state index in [1.54, 1.807) is 0 Å². The van der Waals surface area contributed by atoms with Crippen LogP contribution < -0.4 is 11.1 Å². The second-order valence-electron chi connectivity index (χ2n) is 5.44. The number of hydrogen-bond acceptors (Lipinski definition) is 2. The van der Waals surface area contributed by atoms with Crippen LogP contribution in [0.25, 0.3) is 0 Å². The molecular weight excluding hydrogens is 202 g/mol. The van der Waals surface area contributed by atoms with Crippen LogP contribution in [0.1, 0.15) is 39.0 Å². The largest absolute Gasteiger partial charge is 0.331 e. The van der Waals surface area contributed by atoms with Crippen molar-refractivity contribution >= 4 is 6.03 Å². The van der Waals surface area contributed by atoms with Gasteiger partial charge in [0.1, 0.15) is 0 Å². The first-order chi connectivity index (χ1) is 7.65. The molecule has 2 aliphatic rings. The van der Waals surface area contributed by atoms with Crippen LogP contribution in [0.4, 0.5) is 4.79 Å². The molecule has 0 aromatic rings. The van der Waals surface area contributed by atoms with Gasteiger partial charge in [0.05, 0.1) is 5.54 Å². The molecule has 1 aliphatic carbocycles. The Kier molecular flexibility index (Phi) is 3.38. The summed E-state index contributed by atoms with van der Waals surface area (Å²) < 4.78 is 0. The zero-order valence-electron chi connectivity index (χ0n) is 10.2. The maximum absolute atomic E-state index is 12.0. The minimum Gasteiger partial charge on any atom is -0.331 e. The molecule has 0 bridgehead atoms. The first kappa shape index (κ1) is 11.7. The molecule has 3 N–H and O–H groups in total.